The molecule has 2 aliphatic rings. The minimum Gasteiger partial charge on any atom is -0.460 e. The van der Waals surface area contributed by atoms with Gasteiger partial charge in [-0.05, 0) is 17.5 Å². The molecule has 0 aromatic heterocycles. The standard InChI is InChI=1S/C23H24N2O4/c24-20-12-11-19-13-25(22(27)29-15-18-9-5-2-6-10-18)16-23(19,20)21(26)28-14-17-7-3-1-4-8-17/h1-10,12,19H,11,13-16,24H2. The van der Waals surface area contributed by atoms with Crippen molar-refractivity contribution in [1.82, 2.24) is 4.90 Å². The lowest BCUT2D eigenvalue weighted by Crippen LogP contribution is -2.43. The van der Waals surface area contributed by atoms with Gasteiger partial charge in [0.2, 0.25) is 0 Å². The number of carbonyl (C=O) groups is 2. The van der Waals surface area contributed by atoms with E-state index in [1.165, 1.54) is 0 Å². The van der Waals surface area contributed by atoms with Gasteiger partial charge in [-0.2, -0.15) is 0 Å². The van der Waals surface area contributed by atoms with Crippen molar-refractivity contribution in [3.05, 3.63) is 83.6 Å². The van der Waals surface area contributed by atoms with Gasteiger partial charge in [-0.15, -0.1) is 0 Å². The highest BCUT2D eigenvalue weighted by Crippen LogP contribution is 2.48. The Morgan fingerprint density at radius 1 is 0.966 bits per heavy atom. The topological polar surface area (TPSA) is 81.9 Å². The maximum Gasteiger partial charge on any atom is 0.410 e. The lowest BCUT2D eigenvalue weighted by molar-refractivity contribution is -0.155. The molecule has 2 unspecified atom stereocenters. The molecule has 0 spiro atoms. The van der Waals surface area contributed by atoms with Gasteiger partial charge in [0, 0.05) is 24.7 Å². The van der Waals surface area contributed by atoms with E-state index in [0.717, 1.165) is 11.1 Å². The third-order valence-corrected chi connectivity index (χ3v) is 5.76. The number of nitrogens with zero attached hydrogens (tertiary/aromatic N) is 1. The lowest BCUT2D eigenvalue weighted by Gasteiger charge is -2.28. The van der Waals surface area contributed by atoms with E-state index in [2.05, 4.69) is 0 Å². The molecule has 4 rings (SSSR count). The first kappa shape index (κ1) is 19.1. The number of ether oxygens (including phenoxy) is 2. The van der Waals surface area contributed by atoms with Gasteiger partial charge in [0.15, 0.2) is 0 Å². The van der Waals surface area contributed by atoms with Crippen LogP contribution >= 0.6 is 0 Å². The molecular weight excluding hydrogens is 368 g/mol. The second kappa shape index (κ2) is 7.99. The molecule has 150 valence electrons. The average Bonchev–Trinajstić information content (AvgIpc) is 3.30. The third-order valence-electron chi connectivity index (χ3n) is 5.76. The van der Waals surface area contributed by atoms with E-state index < -0.39 is 11.5 Å². The van der Waals surface area contributed by atoms with Crippen LogP contribution in [0.1, 0.15) is 17.5 Å². The Labute approximate surface area is 169 Å². The molecule has 0 saturated carbocycles. The maximum absolute atomic E-state index is 13.1. The van der Waals surface area contributed by atoms with Gasteiger partial charge in [-0.25, -0.2) is 4.79 Å². The summed E-state index contributed by atoms with van der Waals surface area (Å²) in [5, 5.41) is 0. The fourth-order valence-corrected chi connectivity index (χ4v) is 4.12. The summed E-state index contributed by atoms with van der Waals surface area (Å²) in [6, 6.07) is 19.0. The zero-order valence-electron chi connectivity index (χ0n) is 16.1. The van der Waals surface area contributed by atoms with Crippen molar-refractivity contribution >= 4 is 12.1 Å². The summed E-state index contributed by atoms with van der Waals surface area (Å²) in [6.45, 7) is 0.976. The molecule has 2 N–H and O–H groups in total. The Kier molecular flexibility index (Phi) is 5.25. The molecule has 1 fully saturated rings. The van der Waals surface area contributed by atoms with Gasteiger partial charge in [0.1, 0.15) is 18.6 Å². The van der Waals surface area contributed by atoms with Gasteiger partial charge in [0.25, 0.3) is 0 Å². The molecule has 1 aliphatic heterocycles. The van der Waals surface area contributed by atoms with Crippen LogP contribution in [0.2, 0.25) is 0 Å². The highest BCUT2D eigenvalue weighted by Gasteiger charge is 2.58. The number of allylic oxidation sites excluding steroid dienone is 1. The van der Waals surface area contributed by atoms with Crippen LogP contribution in [0.5, 0.6) is 0 Å². The van der Waals surface area contributed by atoms with Crippen molar-refractivity contribution < 1.29 is 19.1 Å². The number of carbonyl (C=O) groups excluding carboxylic acids is 2. The molecule has 0 bridgehead atoms. The minimum absolute atomic E-state index is 0.0879. The first-order chi connectivity index (χ1) is 14.1. The van der Waals surface area contributed by atoms with Crippen LogP contribution in [-0.2, 0) is 27.5 Å². The summed E-state index contributed by atoms with van der Waals surface area (Å²) in [5.74, 6) is -0.467. The second-order valence-electron chi connectivity index (χ2n) is 7.55. The number of rotatable bonds is 5. The van der Waals surface area contributed by atoms with Crippen molar-refractivity contribution in [1.29, 1.82) is 0 Å². The molecule has 1 aliphatic carbocycles. The number of hydrogen-bond donors (Lipinski definition) is 1. The fraction of sp³-hybridized carbons (Fsp3) is 0.304. The van der Waals surface area contributed by atoms with Crippen molar-refractivity contribution in [3.63, 3.8) is 0 Å². The molecular formula is C23H24N2O4. The van der Waals surface area contributed by atoms with Crippen molar-refractivity contribution in [2.75, 3.05) is 13.1 Å². The summed E-state index contributed by atoms with van der Waals surface area (Å²) in [5.41, 5.74) is 7.56. The molecule has 6 heteroatoms. The van der Waals surface area contributed by atoms with Crippen LogP contribution in [0.4, 0.5) is 4.79 Å². The van der Waals surface area contributed by atoms with Gasteiger partial charge >= 0.3 is 12.1 Å². The smallest absolute Gasteiger partial charge is 0.410 e. The monoisotopic (exact) mass is 392 g/mol. The normalized spacial score (nSPS) is 22.7. The molecule has 29 heavy (non-hydrogen) atoms. The Hall–Kier alpha value is -3.28. The van der Waals surface area contributed by atoms with Crippen LogP contribution < -0.4 is 5.73 Å². The molecule has 0 radical (unpaired) electrons. The molecule has 2 aromatic rings. The first-order valence-electron chi connectivity index (χ1n) is 9.72. The lowest BCUT2D eigenvalue weighted by atomic mass is 9.79. The van der Waals surface area contributed by atoms with E-state index >= 15 is 0 Å². The van der Waals surface area contributed by atoms with Crippen LogP contribution in [0.15, 0.2) is 72.4 Å². The highest BCUT2D eigenvalue weighted by atomic mass is 16.6. The Bertz CT molecular complexity index is 913. The van der Waals surface area contributed by atoms with E-state index in [4.69, 9.17) is 15.2 Å². The van der Waals surface area contributed by atoms with Crippen molar-refractivity contribution in [2.45, 2.75) is 19.6 Å². The fourth-order valence-electron chi connectivity index (χ4n) is 4.12. The van der Waals surface area contributed by atoms with Crippen LogP contribution in [0.25, 0.3) is 0 Å². The number of likely N-dealkylation sites (tertiary alicyclic amines) is 1. The zero-order chi connectivity index (χ0) is 20.3. The predicted molar refractivity (Wildman–Crippen MR) is 107 cm³/mol. The average molecular weight is 392 g/mol. The van der Waals surface area contributed by atoms with E-state index in [1.54, 1.807) is 4.90 Å². The molecule has 1 saturated heterocycles. The number of esters is 1. The zero-order valence-corrected chi connectivity index (χ0v) is 16.1. The van der Waals surface area contributed by atoms with E-state index in [0.29, 0.717) is 18.7 Å². The number of amides is 1. The molecule has 2 atom stereocenters. The van der Waals surface area contributed by atoms with Crippen molar-refractivity contribution in [2.24, 2.45) is 17.1 Å². The van der Waals surface area contributed by atoms with Gasteiger partial charge in [-0.1, -0.05) is 66.7 Å². The predicted octanol–water partition coefficient (Wildman–Crippen LogP) is 3.23. The number of nitrogens with two attached hydrogens (primary N) is 1. The summed E-state index contributed by atoms with van der Waals surface area (Å²) in [4.78, 5) is 27.2. The van der Waals surface area contributed by atoms with Crippen LogP contribution in [0, 0.1) is 11.3 Å². The largest absolute Gasteiger partial charge is 0.460 e. The SMILES string of the molecule is NC1=CCC2CN(C(=O)OCc3ccccc3)CC12C(=O)OCc1ccccc1. The van der Waals surface area contributed by atoms with Gasteiger partial charge in [-0.3, -0.25) is 4.79 Å². The van der Waals surface area contributed by atoms with E-state index in [-0.39, 0.29) is 31.6 Å². The Morgan fingerprint density at radius 3 is 2.17 bits per heavy atom. The molecule has 2 aromatic carbocycles. The van der Waals surface area contributed by atoms with Crippen LogP contribution in [0.3, 0.4) is 0 Å². The Morgan fingerprint density at radius 2 is 1.55 bits per heavy atom. The first-order valence-corrected chi connectivity index (χ1v) is 9.72. The summed E-state index contributed by atoms with van der Waals surface area (Å²) >= 11 is 0. The van der Waals surface area contributed by atoms with Crippen molar-refractivity contribution in [3.8, 4) is 0 Å². The Balaban J connectivity index is 1.42. The third kappa shape index (κ3) is 3.70. The molecule has 1 amide bonds. The summed E-state index contributed by atoms with van der Waals surface area (Å²) in [6.07, 6.45) is 2.09. The van der Waals surface area contributed by atoms with Gasteiger partial charge in [0.05, 0.1) is 0 Å². The number of hydrogen-bond acceptors (Lipinski definition) is 5. The number of benzene rings is 2. The molecule has 1 heterocycles. The van der Waals surface area contributed by atoms with E-state index in [1.807, 2.05) is 66.7 Å². The van der Waals surface area contributed by atoms with E-state index in [9.17, 15) is 9.59 Å². The second-order valence-corrected chi connectivity index (χ2v) is 7.55. The summed E-state index contributed by atoms with van der Waals surface area (Å²) in [7, 11) is 0. The van der Waals surface area contributed by atoms with Gasteiger partial charge < -0.3 is 20.1 Å². The number of fused-ring (bicyclic) bond motifs is 1. The maximum atomic E-state index is 13.1. The minimum atomic E-state index is -0.986. The van der Waals surface area contributed by atoms with Crippen LogP contribution in [-0.4, -0.2) is 30.1 Å². The quantitative estimate of drug-likeness (QED) is 0.790. The molecule has 6 nitrogen and oxygen atoms in total. The highest BCUT2D eigenvalue weighted by molar-refractivity contribution is 5.84. The summed E-state index contributed by atoms with van der Waals surface area (Å²) < 4.78 is 11.0.